The monoisotopic (exact) mass is 268 g/mol. The van der Waals surface area contributed by atoms with Gasteiger partial charge in [-0.25, -0.2) is 0 Å². The molecule has 2 N–H and O–H groups in total. The molecule has 1 aliphatic rings. The molecule has 1 aliphatic heterocycles. The van der Waals surface area contributed by atoms with E-state index in [9.17, 15) is 22.8 Å². The van der Waals surface area contributed by atoms with E-state index >= 15 is 0 Å². The molecular formula is C10H15F3N2O3. The van der Waals surface area contributed by atoms with Crippen LogP contribution in [0.1, 0.15) is 13.3 Å². The smallest absolute Gasteiger partial charge is 0.466 e. The minimum Gasteiger partial charge on any atom is -0.466 e. The molecule has 1 amide bonds. The Morgan fingerprint density at radius 2 is 2.11 bits per heavy atom. The number of nitrogens with one attached hydrogen (secondary N) is 2. The van der Waals surface area contributed by atoms with Gasteiger partial charge >= 0.3 is 18.1 Å². The normalized spacial score (nSPS) is 24.4. The number of carbonyl (C=O) groups excluding carboxylic acids is 2. The van der Waals surface area contributed by atoms with E-state index in [1.54, 1.807) is 6.92 Å². The predicted molar refractivity (Wildman–Crippen MR) is 55.6 cm³/mol. The van der Waals surface area contributed by atoms with Crippen LogP contribution in [0.2, 0.25) is 0 Å². The zero-order chi connectivity index (χ0) is 13.8. The number of alkyl halides is 3. The van der Waals surface area contributed by atoms with Crippen molar-refractivity contribution in [3.63, 3.8) is 0 Å². The lowest BCUT2D eigenvalue weighted by Crippen LogP contribution is -2.56. The van der Waals surface area contributed by atoms with Crippen LogP contribution in [-0.4, -0.2) is 43.8 Å². The summed E-state index contributed by atoms with van der Waals surface area (Å²) >= 11 is 0. The van der Waals surface area contributed by atoms with Crippen molar-refractivity contribution in [3.8, 4) is 0 Å². The first-order valence-electron chi connectivity index (χ1n) is 5.61. The standard InChI is InChI=1S/C10H15F3N2O3/c1-2-18-8(16)6-3-4-14-5-7(6)15-9(17)10(11,12)13/h6-7,14H,2-5H2,1H3,(H,15,17)/t6-,7+/m1/s1. The van der Waals surface area contributed by atoms with Crippen LogP contribution >= 0.6 is 0 Å². The molecule has 0 aromatic heterocycles. The first kappa shape index (κ1) is 14.7. The third-order valence-corrected chi connectivity index (χ3v) is 2.65. The predicted octanol–water partition coefficient (Wildman–Crippen LogP) is 0.206. The maximum Gasteiger partial charge on any atom is 0.471 e. The van der Waals surface area contributed by atoms with Crippen LogP contribution in [0.5, 0.6) is 0 Å². The van der Waals surface area contributed by atoms with E-state index in [1.165, 1.54) is 0 Å². The van der Waals surface area contributed by atoms with E-state index in [-0.39, 0.29) is 13.2 Å². The van der Waals surface area contributed by atoms with E-state index in [0.29, 0.717) is 13.0 Å². The lowest BCUT2D eigenvalue weighted by atomic mass is 9.92. The fourth-order valence-electron chi connectivity index (χ4n) is 1.79. The number of hydrogen-bond donors (Lipinski definition) is 2. The van der Waals surface area contributed by atoms with Gasteiger partial charge in [-0.2, -0.15) is 13.2 Å². The molecule has 0 radical (unpaired) electrons. The highest BCUT2D eigenvalue weighted by atomic mass is 19.4. The van der Waals surface area contributed by atoms with Crippen molar-refractivity contribution < 1.29 is 27.5 Å². The van der Waals surface area contributed by atoms with Gasteiger partial charge in [0, 0.05) is 6.54 Å². The van der Waals surface area contributed by atoms with E-state index in [4.69, 9.17) is 4.74 Å². The molecule has 8 heteroatoms. The number of esters is 1. The van der Waals surface area contributed by atoms with Gasteiger partial charge in [-0.05, 0) is 19.9 Å². The van der Waals surface area contributed by atoms with E-state index in [0.717, 1.165) is 0 Å². The largest absolute Gasteiger partial charge is 0.471 e. The number of halogens is 3. The minimum absolute atomic E-state index is 0.116. The fourth-order valence-corrected chi connectivity index (χ4v) is 1.79. The molecule has 0 bridgehead atoms. The van der Waals surface area contributed by atoms with Crippen LogP contribution in [0.3, 0.4) is 0 Å². The van der Waals surface area contributed by atoms with Gasteiger partial charge in [-0.3, -0.25) is 9.59 Å². The maximum absolute atomic E-state index is 12.1. The van der Waals surface area contributed by atoms with Crippen molar-refractivity contribution in [2.24, 2.45) is 5.92 Å². The van der Waals surface area contributed by atoms with Gasteiger partial charge in [-0.15, -0.1) is 0 Å². The molecule has 0 spiro atoms. The summed E-state index contributed by atoms with van der Waals surface area (Å²) in [5.41, 5.74) is 0. The number of carbonyl (C=O) groups is 2. The molecule has 0 aromatic rings. The molecule has 1 heterocycles. The Balaban J connectivity index is 2.65. The van der Waals surface area contributed by atoms with Crippen molar-refractivity contribution in [2.45, 2.75) is 25.6 Å². The average Bonchev–Trinajstić information content (AvgIpc) is 2.28. The van der Waals surface area contributed by atoms with Crippen molar-refractivity contribution in [3.05, 3.63) is 0 Å². The van der Waals surface area contributed by atoms with E-state index < -0.39 is 30.0 Å². The Labute approximate surface area is 102 Å². The van der Waals surface area contributed by atoms with Gasteiger partial charge in [-0.1, -0.05) is 0 Å². The summed E-state index contributed by atoms with van der Waals surface area (Å²) in [5, 5.41) is 4.65. The van der Waals surface area contributed by atoms with Gasteiger partial charge in [0.05, 0.1) is 18.6 Å². The van der Waals surface area contributed by atoms with Crippen LogP contribution in [0.4, 0.5) is 13.2 Å². The highest BCUT2D eigenvalue weighted by Crippen LogP contribution is 2.19. The molecule has 0 aromatic carbocycles. The SMILES string of the molecule is CCOC(=O)[C@@H]1CCNC[C@@H]1NC(=O)C(F)(F)F. The lowest BCUT2D eigenvalue weighted by molar-refractivity contribution is -0.175. The van der Waals surface area contributed by atoms with Crippen LogP contribution in [0.25, 0.3) is 0 Å². The average molecular weight is 268 g/mol. The zero-order valence-electron chi connectivity index (χ0n) is 9.84. The Kier molecular flexibility index (Phi) is 4.94. The van der Waals surface area contributed by atoms with E-state index in [2.05, 4.69) is 5.32 Å². The molecule has 0 saturated carbocycles. The van der Waals surface area contributed by atoms with Crippen molar-refractivity contribution >= 4 is 11.9 Å². The third-order valence-electron chi connectivity index (χ3n) is 2.65. The van der Waals surface area contributed by atoms with E-state index in [1.807, 2.05) is 5.32 Å². The number of hydrogen-bond acceptors (Lipinski definition) is 4. The van der Waals surface area contributed by atoms with Crippen molar-refractivity contribution in [2.75, 3.05) is 19.7 Å². The first-order chi connectivity index (χ1) is 8.36. The zero-order valence-corrected chi connectivity index (χ0v) is 9.84. The van der Waals surface area contributed by atoms with Gasteiger partial charge in [0.25, 0.3) is 0 Å². The van der Waals surface area contributed by atoms with Crippen LogP contribution in [0.15, 0.2) is 0 Å². The summed E-state index contributed by atoms with van der Waals surface area (Å²) in [7, 11) is 0. The summed E-state index contributed by atoms with van der Waals surface area (Å²) in [6.07, 6.45) is -4.61. The highest BCUT2D eigenvalue weighted by Gasteiger charge is 2.42. The van der Waals surface area contributed by atoms with Gasteiger partial charge in [0.1, 0.15) is 0 Å². The molecule has 0 aliphatic carbocycles. The number of amides is 1. The van der Waals surface area contributed by atoms with Gasteiger partial charge < -0.3 is 15.4 Å². The second-order valence-corrected chi connectivity index (χ2v) is 3.93. The Hall–Kier alpha value is -1.31. The molecule has 104 valence electrons. The summed E-state index contributed by atoms with van der Waals surface area (Å²) in [4.78, 5) is 22.4. The second kappa shape index (κ2) is 6.03. The molecule has 2 atom stereocenters. The fraction of sp³-hybridized carbons (Fsp3) is 0.800. The first-order valence-corrected chi connectivity index (χ1v) is 5.61. The Morgan fingerprint density at radius 1 is 1.44 bits per heavy atom. The number of piperidine rings is 1. The quantitative estimate of drug-likeness (QED) is 0.718. The molecule has 1 rings (SSSR count). The number of ether oxygens (including phenoxy) is 1. The molecular weight excluding hydrogens is 253 g/mol. The van der Waals surface area contributed by atoms with Crippen LogP contribution in [-0.2, 0) is 14.3 Å². The molecule has 18 heavy (non-hydrogen) atoms. The second-order valence-electron chi connectivity index (χ2n) is 3.93. The topological polar surface area (TPSA) is 67.4 Å². The summed E-state index contributed by atoms with van der Waals surface area (Å²) in [6.45, 7) is 2.39. The summed E-state index contributed by atoms with van der Waals surface area (Å²) < 4.78 is 41.2. The van der Waals surface area contributed by atoms with Crippen LogP contribution in [0, 0.1) is 5.92 Å². The Bertz CT molecular complexity index is 320. The third kappa shape index (κ3) is 3.86. The van der Waals surface area contributed by atoms with Crippen molar-refractivity contribution in [1.82, 2.24) is 10.6 Å². The summed E-state index contributed by atoms with van der Waals surface area (Å²) in [5.74, 6) is -3.35. The van der Waals surface area contributed by atoms with Gasteiger partial charge in [0.15, 0.2) is 0 Å². The molecule has 1 fully saturated rings. The van der Waals surface area contributed by atoms with Crippen LogP contribution < -0.4 is 10.6 Å². The molecule has 5 nitrogen and oxygen atoms in total. The minimum atomic E-state index is -4.95. The highest BCUT2D eigenvalue weighted by molar-refractivity contribution is 5.83. The lowest BCUT2D eigenvalue weighted by Gasteiger charge is -2.31. The van der Waals surface area contributed by atoms with Gasteiger partial charge in [0.2, 0.25) is 0 Å². The summed E-state index contributed by atoms with van der Waals surface area (Å²) in [6, 6.07) is -0.896. The molecule has 0 unspecified atom stereocenters. The molecule has 1 saturated heterocycles. The van der Waals surface area contributed by atoms with Crippen molar-refractivity contribution in [1.29, 1.82) is 0 Å². The number of rotatable bonds is 3. The maximum atomic E-state index is 12.1. The Morgan fingerprint density at radius 3 is 2.67 bits per heavy atom.